The molecule has 1 saturated heterocycles. The van der Waals surface area contributed by atoms with Crippen LogP contribution in [0.2, 0.25) is 0 Å². The lowest BCUT2D eigenvalue weighted by Crippen LogP contribution is -2.22. The van der Waals surface area contributed by atoms with Gasteiger partial charge >= 0.3 is 0 Å². The van der Waals surface area contributed by atoms with E-state index in [1.807, 2.05) is 0 Å². The zero-order valence-corrected chi connectivity index (χ0v) is 9.78. The summed E-state index contributed by atoms with van der Waals surface area (Å²) in [6, 6.07) is 0. The fraction of sp³-hybridized carbons (Fsp3) is 1.00. The first-order valence-corrected chi connectivity index (χ1v) is 6.17. The molecule has 3 heteroatoms. The second kappa shape index (κ2) is 8.08. The Hall–Kier alpha value is -0.120. The van der Waals surface area contributed by atoms with E-state index in [9.17, 15) is 0 Å². The van der Waals surface area contributed by atoms with Gasteiger partial charge in [-0.15, -0.1) is 0 Å². The molecule has 90 valence electrons. The third-order valence-electron chi connectivity index (χ3n) is 2.84. The van der Waals surface area contributed by atoms with Gasteiger partial charge in [-0.1, -0.05) is 13.3 Å². The van der Waals surface area contributed by atoms with E-state index < -0.39 is 0 Å². The van der Waals surface area contributed by atoms with Crippen LogP contribution in [0.4, 0.5) is 0 Å². The molecule has 0 spiro atoms. The Bertz CT molecular complexity index is 144. The average Bonchev–Trinajstić information content (AvgIpc) is 2.29. The van der Waals surface area contributed by atoms with Gasteiger partial charge in [-0.25, -0.2) is 0 Å². The second-order valence-electron chi connectivity index (χ2n) is 4.45. The monoisotopic (exact) mass is 216 g/mol. The van der Waals surface area contributed by atoms with Crippen molar-refractivity contribution in [3.8, 4) is 0 Å². The smallest absolute Gasteiger partial charge is 0.157 e. The van der Waals surface area contributed by atoms with Crippen LogP contribution in [0.15, 0.2) is 0 Å². The Kier molecular flexibility index (Phi) is 6.98. The molecule has 0 bridgehead atoms. The minimum Gasteiger partial charge on any atom is -0.396 e. The highest BCUT2D eigenvalue weighted by molar-refractivity contribution is 4.55. The van der Waals surface area contributed by atoms with Crippen molar-refractivity contribution in [1.82, 2.24) is 0 Å². The maximum absolute atomic E-state index is 8.84. The van der Waals surface area contributed by atoms with Crippen molar-refractivity contribution < 1.29 is 14.6 Å². The predicted molar refractivity (Wildman–Crippen MR) is 59.6 cm³/mol. The minimum atomic E-state index is 0.0500. The first kappa shape index (κ1) is 12.9. The van der Waals surface area contributed by atoms with Gasteiger partial charge < -0.3 is 14.6 Å². The Balaban J connectivity index is 1.87. The molecule has 1 aliphatic rings. The lowest BCUT2D eigenvalue weighted by atomic mass is 10.1. The summed E-state index contributed by atoms with van der Waals surface area (Å²) < 4.78 is 11.1. The average molecular weight is 216 g/mol. The lowest BCUT2D eigenvalue weighted by Gasteiger charge is -2.22. The highest BCUT2D eigenvalue weighted by Crippen LogP contribution is 2.14. The topological polar surface area (TPSA) is 38.7 Å². The van der Waals surface area contributed by atoms with Gasteiger partial charge in [0, 0.05) is 19.8 Å². The van der Waals surface area contributed by atoms with Crippen LogP contribution >= 0.6 is 0 Å². The molecule has 1 aliphatic heterocycles. The zero-order valence-electron chi connectivity index (χ0n) is 9.78. The summed E-state index contributed by atoms with van der Waals surface area (Å²) in [6.45, 7) is 4.02. The Morgan fingerprint density at radius 3 is 2.93 bits per heavy atom. The van der Waals surface area contributed by atoms with Crippen LogP contribution in [0.25, 0.3) is 0 Å². The molecule has 0 aromatic rings. The summed E-state index contributed by atoms with van der Waals surface area (Å²) in [5.74, 6) is 0.427. The first-order valence-electron chi connectivity index (χ1n) is 6.17. The van der Waals surface area contributed by atoms with Gasteiger partial charge in [0.2, 0.25) is 0 Å². The number of aliphatic hydroxyl groups is 1. The summed E-state index contributed by atoms with van der Waals surface area (Å²) in [5.41, 5.74) is 0. The van der Waals surface area contributed by atoms with E-state index >= 15 is 0 Å². The van der Waals surface area contributed by atoms with Crippen LogP contribution in [-0.2, 0) is 9.47 Å². The quantitative estimate of drug-likeness (QED) is 0.664. The predicted octanol–water partition coefficient (Wildman–Crippen LogP) is 2.33. The van der Waals surface area contributed by atoms with Gasteiger partial charge in [0.05, 0.1) is 0 Å². The number of rotatable bonds is 7. The van der Waals surface area contributed by atoms with E-state index in [0.717, 1.165) is 38.9 Å². The van der Waals surface area contributed by atoms with E-state index in [4.69, 9.17) is 14.6 Å². The van der Waals surface area contributed by atoms with E-state index in [1.165, 1.54) is 12.8 Å². The number of unbranched alkanes of at least 4 members (excludes halogenated alkanes) is 1. The highest BCUT2D eigenvalue weighted by atomic mass is 16.7. The van der Waals surface area contributed by atoms with Crippen molar-refractivity contribution in [3.05, 3.63) is 0 Å². The first-order chi connectivity index (χ1) is 7.33. The van der Waals surface area contributed by atoms with Gasteiger partial charge in [-0.3, -0.25) is 0 Å². The molecular formula is C12H24O3. The SMILES string of the molecule is C[C@@H](CO)CCCCOC1CCCCO1. The van der Waals surface area contributed by atoms with E-state index in [-0.39, 0.29) is 6.29 Å². The molecule has 1 N–H and O–H groups in total. The highest BCUT2D eigenvalue weighted by Gasteiger charge is 2.13. The molecule has 1 rings (SSSR count). The molecule has 2 atom stereocenters. The number of ether oxygens (including phenoxy) is 2. The van der Waals surface area contributed by atoms with Crippen LogP contribution in [0, 0.1) is 5.92 Å². The molecule has 0 radical (unpaired) electrons. The van der Waals surface area contributed by atoms with Gasteiger partial charge in [0.25, 0.3) is 0 Å². The molecular weight excluding hydrogens is 192 g/mol. The number of hydrogen-bond acceptors (Lipinski definition) is 3. The van der Waals surface area contributed by atoms with Crippen molar-refractivity contribution in [1.29, 1.82) is 0 Å². The van der Waals surface area contributed by atoms with Crippen molar-refractivity contribution in [2.45, 2.75) is 51.7 Å². The molecule has 0 saturated carbocycles. The Morgan fingerprint density at radius 1 is 1.40 bits per heavy atom. The molecule has 1 unspecified atom stereocenters. The van der Waals surface area contributed by atoms with Crippen LogP contribution in [-0.4, -0.2) is 31.2 Å². The minimum absolute atomic E-state index is 0.0500. The molecule has 1 heterocycles. The lowest BCUT2D eigenvalue weighted by molar-refractivity contribution is -0.162. The molecule has 0 aliphatic carbocycles. The molecule has 0 aromatic carbocycles. The van der Waals surface area contributed by atoms with E-state index in [1.54, 1.807) is 0 Å². The number of hydrogen-bond donors (Lipinski definition) is 1. The van der Waals surface area contributed by atoms with Crippen LogP contribution in [0.5, 0.6) is 0 Å². The van der Waals surface area contributed by atoms with E-state index in [0.29, 0.717) is 12.5 Å². The normalized spacial score (nSPS) is 24.0. The van der Waals surface area contributed by atoms with Gasteiger partial charge in [-0.05, 0) is 38.0 Å². The van der Waals surface area contributed by atoms with Gasteiger partial charge in [0.15, 0.2) is 6.29 Å². The zero-order chi connectivity index (χ0) is 10.9. The van der Waals surface area contributed by atoms with Crippen LogP contribution < -0.4 is 0 Å². The largest absolute Gasteiger partial charge is 0.396 e. The fourth-order valence-corrected chi connectivity index (χ4v) is 1.74. The fourth-order valence-electron chi connectivity index (χ4n) is 1.74. The van der Waals surface area contributed by atoms with Gasteiger partial charge in [0.1, 0.15) is 0 Å². The Labute approximate surface area is 92.8 Å². The summed E-state index contributed by atoms with van der Waals surface area (Å²) in [7, 11) is 0. The van der Waals surface area contributed by atoms with Crippen LogP contribution in [0.1, 0.15) is 45.4 Å². The van der Waals surface area contributed by atoms with Crippen LogP contribution in [0.3, 0.4) is 0 Å². The van der Waals surface area contributed by atoms with Crippen molar-refractivity contribution in [2.24, 2.45) is 5.92 Å². The maximum atomic E-state index is 8.84. The molecule has 0 amide bonds. The second-order valence-corrected chi connectivity index (χ2v) is 4.45. The van der Waals surface area contributed by atoms with Crippen molar-refractivity contribution in [3.63, 3.8) is 0 Å². The molecule has 3 nitrogen and oxygen atoms in total. The molecule has 15 heavy (non-hydrogen) atoms. The van der Waals surface area contributed by atoms with Gasteiger partial charge in [-0.2, -0.15) is 0 Å². The Morgan fingerprint density at radius 2 is 2.27 bits per heavy atom. The maximum Gasteiger partial charge on any atom is 0.157 e. The van der Waals surface area contributed by atoms with Crippen molar-refractivity contribution >= 4 is 0 Å². The van der Waals surface area contributed by atoms with Crippen molar-refractivity contribution in [2.75, 3.05) is 19.8 Å². The molecule has 0 aromatic heterocycles. The summed E-state index contributed by atoms with van der Waals surface area (Å²) in [5, 5.41) is 8.84. The summed E-state index contributed by atoms with van der Waals surface area (Å²) >= 11 is 0. The summed E-state index contributed by atoms with van der Waals surface area (Å²) in [6.07, 6.45) is 6.80. The standard InChI is InChI=1S/C12H24O3/c1-11(10-13)6-2-4-8-14-12-7-3-5-9-15-12/h11-13H,2-10H2,1H3/t11-,12?/m1/s1. The third-order valence-corrected chi connectivity index (χ3v) is 2.84. The molecule has 1 fully saturated rings. The van der Waals surface area contributed by atoms with E-state index in [2.05, 4.69) is 6.92 Å². The summed E-state index contributed by atoms with van der Waals surface area (Å²) in [4.78, 5) is 0. The number of aliphatic hydroxyl groups excluding tert-OH is 1. The third kappa shape index (κ3) is 6.13.